The Morgan fingerprint density at radius 3 is 2.74 bits per heavy atom. The fourth-order valence-corrected chi connectivity index (χ4v) is 5.33. The topological polar surface area (TPSA) is 94.6 Å². The fraction of sp³-hybridized carbons (Fsp3) is 0.321. The normalized spacial score (nSPS) is 13.6. The lowest BCUT2D eigenvalue weighted by Crippen LogP contribution is -2.20. The lowest BCUT2D eigenvalue weighted by atomic mass is 10.2. The van der Waals surface area contributed by atoms with Gasteiger partial charge in [0.25, 0.3) is 0 Å². The monoisotopic (exact) mass is 536 g/mol. The van der Waals surface area contributed by atoms with Gasteiger partial charge in [-0.3, -0.25) is 15.3 Å². The van der Waals surface area contributed by atoms with Gasteiger partial charge >= 0.3 is 6.09 Å². The molecule has 198 valence electrons. The molecule has 1 amide bonds. The third-order valence-electron chi connectivity index (χ3n) is 6.24. The second kappa shape index (κ2) is 12.3. The zero-order chi connectivity index (χ0) is 26.3. The number of pyridine rings is 2. The van der Waals surface area contributed by atoms with Gasteiger partial charge < -0.3 is 19.5 Å². The third kappa shape index (κ3) is 6.45. The molecule has 5 rings (SSSR count). The zero-order valence-corrected chi connectivity index (χ0v) is 21.9. The van der Waals surface area contributed by atoms with E-state index < -0.39 is 11.9 Å². The molecule has 0 spiro atoms. The van der Waals surface area contributed by atoms with Gasteiger partial charge in [-0.1, -0.05) is 6.07 Å². The van der Waals surface area contributed by atoms with Crippen molar-refractivity contribution >= 4 is 33.3 Å². The summed E-state index contributed by atoms with van der Waals surface area (Å²) in [7, 11) is 1.68. The minimum absolute atomic E-state index is 0.0469. The molecule has 0 atom stereocenters. The van der Waals surface area contributed by atoms with Crippen LogP contribution in [-0.2, 0) is 16.0 Å². The van der Waals surface area contributed by atoms with Crippen molar-refractivity contribution in [2.45, 2.75) is 38.3 Å². The highest BCUT2D eigenvalue weighted by Crippen LogP contribution is 2.39. The Kier molecular flexibility index (Phi) is 8.42. The van der Waals surface area contributed by atoms with E-state index in [1.807, 2.05) is 24.4 Å². The van der Waals surface area contributed by atoms with Crippen LogP contribution >= 0.6 is 11.3 Å². The summed E-state index contributed by atoms with van der Waals surface area (Å²) in [5.41, 5.74) is 2.95. The highest BCUT2D eigenvalue weighted by atomic mass is 32.1. The van der Waals surface area contributed by atoms with E-state index in [2.05, 4.69) is 20.6 Å². The number of methoxy groups -OCH3 is 1. The van der Waals surface area contributed by atoms with Crippen molar-refractivity contribution in [2.24, 2.45) is 0 Å². The van der Waals surface area contributed by atoms with E-state index in [4.69, 9.17) is 14.2 Å². The van der Waals surface area contributed by atoms with Gasteiger partial charge in [0.1, 0.15) is 11.9 Å². The maximum Gasteiger partial charge on any atom is 0.411 e. The summed E-state index contributed by atoms with van der Waals surface area (Å²) >= 11 is 1.48. The lowest BCUT2D eigenvalue weighted by molar-refractivity contribution is 0.114. The van der Waals surface area contributed by atoms with Crippen molar-refractivity contribution in [3.63, 3.8) is 0 Å². The number of hydrogen-bond donors (Lipinski definition) is 2. The number of hydrogen-bond acceptors (Lipinski definition) is 8. The van der Waals surface area contributed by atoms with E-state index in [0.29, 0.717) is 24.6 Å². The maximum atomic E-state index is 14.9. The van der Waals surface area contributed by atoms with E-state index in [1.165, 1.54) is 23.5 Å². The van der Waals surface area contributed by atoms with Crippen LogP contribution in [-0.4, -0.2) is 42.4 Å². The smallest absolute Gasteiger partial charge is 0.411 e. The lowest BCUT2D eigenvalue weighted by Gasteiger charge is -2.13. The molecule has 1 aliphatic rings. The SMILES string of the molecule is COCCNCc1ccc(-c2cc3nccc(Oc4ccc(NC(=O)OC5CCCC5)cc4F)c3s2)nc1. The number of rotatable bonds is 10. The predicted octanol–water partition coefficient (Wildman–Crippen LogP) is 6.52. The van der Waals surface area contributed by atoms with Gasteiger partial charge in [0.2, 0.25) is 0 Å². The van der Waals surface area contributed by atoms with Crippen LogP contribution in [0.1, 0.15) is 31.2 Å². The summed E-state index contributed by atoms with van der Waals surface area (Å²) in [4.78, 5) is 22.1. The fourth-order valence-electron chi connectivity index (χ4n) is 4.29. The summed E-state index contributed by atoms with van der Waals surface area (Å²) in [6.07, 6.45) is 6.69. The number of carbonyl (C=O) groups excluding carboxylic acids is 1. The number of carbonyl (C=O) groups is 1. The van der Waals surface area contributed by atoms with Crippen LogP contribution in [0.2, 0.25) is 0 Å². The number of ether oxygens (including phenoxy) is 3. The van der Waals surface area contributed by atoms with Crippen molar-refractivity contribution in [2.75, 3.05) is 25.6 Å². The van der Waals surface area contributed by atoms with E-state index >= 15 is 0 Å². The zero-order valence-electron chi connectivity index (χ0n) is 21.0. The van der Waals surface area contributed by atoms with Crippen LogP contribution in [0.25, 0.3) is 20.8 Å². The highest BCUT2D eigenvalue weighted by molar-refractivity contribution is 7.22. The number of thiophene rings is 1. The summed E-state index contributed by atoms with van der Waals surface area (Å²) < 4.78 is 32.0. The molecule has 4 aromatic rings. The Hall–Kier alpha value is -3.60. The first-order valence-electron chi connectivity index (χ1n) is 12.6. The van der Waals surface area contributed by atoms with E-state index in [9.17, 15) is 9.18 Å². The van der Waals surface area contributed by atoms with Crippen LogP contribution < -0.4 is 15.4 Å². The molecular formula is C28H29FN4O4S. The van der Waals surface area contributed by atoms with Gasteiger partial charge in [0.15, 0.2) is 11.6 Å². The first-order valence-corrected chi connectivity index (χ1v) is 13.4. The largest absolute Gasteiger partial charge is 0.453 e. The summed E-state index contributed by atoms with van der Waals surface area (Å²) in [6.45, 7) is 2.14. The molecule has 0 bridgehead atoms. The van der Waals surface area contributed by atoms with E-state index in [1.54, 1.807) is 25.4 Å². The summed E-state index contributed by atoms with van der Waals surface area (Å²) in [6, 6.07) is 12.0. The average molecular weight is 537 g/mol. The molecule has 1 fully saturated rings. The molecule has 10 heteroatoms. The first kappa shape index (κ1) is 26.0. The number of aromatic nitrogens is 2. The van der Waals surface area contributed by atoms with Crippen molar-refractivity contribution in [1.82, 2.24) is 15.3 Å². The van der Waals surface area contributed by atoms with Gasteiger partial charge in [-0.25, -0.2) is 9.18 Å². The molecule has 3 aromatic heterocycles. The third-order valence-corrected chi connectivity index (χ3v) is 7.40. The van der Waals surface area contributed by atoms with Gasteiger partial charge in [0, 0.05) is 50.4 Å². The second-order valence-corrected chi connectivity index (χ2v) is 10.1. The number of anilines is 1. The highest BCUT2D eigenvalue weighted by Gasteiger charge is 2.20. The van der Waals surface area contributed by atoms with Gasteiger partial charge in [0.05, 0.1) is 27.4 Å². The molecule has 3 heterocycles. The molecular weight excluding hydrogens is 507 g/mol. The molecule has 0 radical (unpaired) electrons. The molecule has 0 aliphatic heterocycles. The Morgan fingerprint density at radius 1 is 1.11 bits per heavy atom. The Labute approximate surface area is 224 Å². The van der Waals surface area contributed by atoms with Crippen molar-refractivity contribution < 1.29 is 23.4 Å². The Bertz CT molecular complexity index is 1390. The van der Waals surface area contributed by atoms with E-state index in [-0.39, 0.29) is 11.9 Å². The summed E-state index contributed by atoms with van der Waals surface area (Å²) in [5, 5.41) is 5.89. The second-order valence-electron chi connectivity index (χ2n) is 9.04. The molecule has 0 unspecified atom stereocenters. The van der Waals surface area contributed by atoms with Crippen LogP contribution in [0, 0.1) is 5.82 Å². The maximum absolute atomic E-state index is 14.9. The van der Waals surface area contributed by atoms with Crippen LogP contribution in [0.5, 0.6) is 11.5 Å². The number of fused-ring (bicyclic) bond motifs is 1. The molecule has 1 saturated carbocycles. The van der Waals surface area contributed by atoms with Crippen LogP contribution in [0.4, 0.5) is 14.9 Å². The van der Waals surface area contributed by atoms with Crippen molar-refractivity contribution in [3.05, 3.63) is 66.2 Å². The minimum atomic E-state index is -0.596. The molecule has 2 N–H and O–H groups in total. The van der Waals surface area contributed by atoms with Crippen molar-refractivity contribution in [1.29, 1.82) is 0 Å². The summed E-state index contributed by atoms with van der Waals surface area (Å²) in [5.74, 6) is -0.0575. The number of nitrogens with zero attached hydrogens (tertiary/aromatic N) is 2. The van der Waals surface area contributed by atoms with Gasteiger partial charge in [-0.15, -0.1) is 11.3 Å². The quantitative estimate of drug-likeness (QED) is 0.223. The average Bonchev–Trinajstić information content (AvgIpc) is 3.59. The molecule has 0 saturated heterocycles. The van der Waals surface area contributed by atoms with Crippen LogP contribution in [0.15, 0.2) is 54.9 Å². The first-order chi connectivity index (χ1) is 18.6. The molecule has 1 aromatic carbocycles. The van der Waals surface area contributed by atoms with Crippen molar-refractivity contribution in [3.8, 4) is 22.1 Å². The predicted molar refractivity (Wildman–Crippen MR) is 145 cm³/mol. The standard InChI is InChI=1S/C28H29FN4O4S/c1-35-13-12-30-16-18-6-8-22(32-17-18)26-15-23-27(38-26)25(10-11-31-23)37-24-9-7-19(14-21(24)29)33-28(34)36-20-4-2-3-5-20/h6-11,14-15,17,20,30H,2-5,12-13,16H2,1H3,(H,33,34). The number of nitrogens with one attached hydrogen (secondary N) is 2. The minimum Gasteiger partial charge on any atom is -0.453 e. The number of benzene rings is 1. The van der Waals surface area contributed by atoms with Gasteiger partial charge in [-0.2, -0.15) is 0 Å². The van der Waals surface area contributed by atoms with E-state index in [0.717, 1.165) is 58.6 Å². The van der Waals surface area contributed by atoms with Gasteiger partial charge in [-0.05, 0) is 55.5 Å². The molecule has 1 aliphatic carbocycles. The Morgan fingerprint density at radius 2 is 1.97 bits per heavy atom. The Balaban J connectivity index is 1.26. The number of amides is 1. The molecule has 38 heavy (non-hydrogen) atoms. The number of halogens is 1. The van der Waals surface area contributed by atoms with Crippen LogP contribution in [0.3, 0.4) is 0 Å². The molecule has 8 nitrogen and oxygen atoms in total.